The number of likely N-dealkylation sites (tertiary alicyclic amines) is 1. The number of ether oxygens (including phenoxy) is 2. The summed E-state index contributed by atoms with van der Waals surface area (Å²) in [5.74, 6) is 0.773. The molecule has 5 aromatic rings. The molecule has 10 nitrogen and oxygen atoms in total. The smallest absolute Gasteiger partial charge is 0.411 e. The number of hydrogen-bond donors (Lipinski definition) is 5. The molecule has 0 radical (unpaired) electrons. The summed E-state index contributed by atoms with van der Waals surface area (Å²) >= 11 is 0. The van der Waals surface area contributed by atoms with Crippen molar-refractivity contribution in [1.82, 2.24) is 15.2 Å². The first kappa shape index (κ1) is 33.7. The van der Waals surface area contributed by atoms with Gasteiger partial charge in [-0.15, -0.1) is 0 Å². The van der Waals surface area contributed by atoms with Gasteiger partial charge in [0.1, 0.15) is 17.6 Å². The van der Waals surface area contributed by atoms with Crippen LogP contribution in [0.4, 0.5) is 10.5 Å². The van der Waals surface area contributed by atoms with E-state index in [4.69, 9.17) is 9.47 Å². The number of piperidine rings is 1. The van der Waals surface area contributed by atoms with E-state index in [0.717, 1.165) is 67.0 Å². The van der Waals surface area contributed by atoms with Crippen LogP contribution >= 0.6 is 0 Å². The molecule has 5 N–H and O–H groups in total. The van der Waals surface area contributed by atoms with Gasteiger partial charge in [-0.05, 0) is 66.3 Å². The van der Waals surface area contributed by atoms with E-state index in [1.165, 1.54) is 12.1 Å². The lowest BCUT2D eigenvalue weighted by Gasteiger charge is -2.31. The number of aliphatic hydroxyl groups excluding tert-OH is 1. The zero-order valence-electron chi connectivity index (χ0n) is 27.3. The fourth-order valence-electron chi connectivity index (χ4n) is 6.20. The van der Waals surface area contributed by atoms with Gasteiger partial charge in [-0.1, -0.05) is 66.7 Å². The van der Waals surface area contributed by atoms with E-state index in [9.17, 15) is 19.8 Å². The Bertz CT molecular complexity index is 1890. The van der Waals surface area contributed by atoms with Crippen molar-refractivity contribution in [2.45, 2.75) is 38.0 Å². The van der Waals surface area contributed by atoms with E-state index in [1.807, 2.05) is 78.9 Å². The molecule has 254 valence electrons. The minimum absolute atomic E-state index is 0.0330. The highest BCUT2D eigenvalue weighted by Crippen LogP contribution is 2.29. The van der Waals surface area contributed by atoms with Crippen LogP contribution in [-0.2, 0) is 11.3 Å². The van der Waals surface area contributed by atoms with E-state index >= 15 is 0 Å². The van der Waals surface area contributed by atoms with Crippen LogP contribution < -0.4 is 20.9 Å². The Hall–Kier alpha value is -5.16. The number of nitrogens with zero attached hydrogens (tertiary/aromatic N) is 1. The van der Waals surface area contributed by atoms with Crippen LogP contribution in [0.3, 0.4) is 0 Å². The molecule has 4 aromatic carbocycles. The molecule has 0 aliphatic carbocycles. The molecule has 1 saturated heterocycles. The van der Waals surface area contributed by atoms with Crippen molar-refractivity contribution in [2.24, 2.45) is 0 Å². The average Bonchev–Trinajstić information content (AvgIpc) is 3.12. The molecular formula is C39H42N4O6. The van der Waals surface area contributed by atoms with Gasteiger partial charge in [-0.3, -0.25) is 10.1 Å². The monoisotopic (exact) mass is 662 g/mol. The molecule has 1 fully saturated rings. The maximum atomic E-state index is 12.7. The van der Waals surface area contributed by atoms with Crippen molar-refractivity contribution < 1.29 is 24.5 Å². The van der Waals surface area contributed by atoms with Crippen molar-refractivity contribution in [1.29, 1.82) is 0 Å². The summed E-state index contributed by atoms with van der Waals surface area (Å²) in [4.78, 5) is 29.4. The van der Waals surface area contributed by atoms with Crippen LogP contribution in [-0.4, -0.2) is 65.1 Å². The molecule has 1 amide bonds. The Kier molecular flexibility index (Phi) is 11.2. The lowest BCUT2D eigenvalue weighted by molar-refractivity contribution is 0.0575. The zero-order chi connectivity index (χ0) is 34.0. The molecule has 0 saturated carbocycles. The average molecular weight is 663 g/mol. The van der Waals surface area contributed by atoms with Crippen LogP contribution in [0, 0.1) is 0 Å². The molecule has 1 atom stereocenters. The Morgan fingerprint density at radius 2 is 1.67 bits per heavy atom. The minimum Gasteiger partial charge on any atom is -0.506 e. The minimum atomic E-state index is -0.817. The van der Waals surface area contributed by atoms with Gasteiger partial charge in [0.15, 0.2) is 0 Å². The Morgan fingerprint density at radius 3 is 2.47 bits per heavy atom. The van der Waals surface area contributed by atoms with E-state index in [0.29, 0.717) is 36.2 Å². The summed E-state index contributed by atoms with van der Waals surface area (Å²) in [6, 6.07) is 31.7. The second kappa shape index (κ2) is 16.3. The number of nitrogens with one attached hydrogen (secondary N) is 3. The predicted molar refractivity (Wildman–Crippen MR) is 191 cm³/mol. The third-order valence-corrected chi connectivity index (χ3v) is 8.80. The Balaban J connectivity index is 0.863. The summed E-state index contributed by atoms with van der Waals surface area (Å²) < 4.78 is 11.7. The third kappa shape index (κ3) is 9.05. The zero-order valence-corrected chi connectivity index (χ0v) is 27.3. The number of rotatable bonds is 13. The Labute approximate surface area is 285 Å². The first-order valence-corrected chi connectivity index (χ1v) is 16.7. The maximum absolute atomic E-state index is 12.7. The van der Waals surface area contributed by atoms with Gasteiger partial charge in [0.2, 0.25) is 5.56 Å². The number of carbonyl (C=O) groups excluding carboxylic acids is 1. The molecular weight excluding hydrogens is 620 g/mol. The standard InChI is InChI=1S/C39H42N4O6/c44-35-17-15-32(33-16-18-37(46)42-38(33)35)36(45)26-40-25-27-11-13-29(14-12-27)48-24-6-21-43-22-19-30(20-23-43)49-39(47)41-34-10-5-4-9-31(34)28-7-2-1-3-8-28/h1-5,7-18,30,36,40,44-45H,6,19-26H2,(H,41,47)(H,42,46)/t36-/m1/s1. The van der Waals surface area contributed by atoms with Crippen molar-refractivity contribution in [3.05, 3.63) is 125 Å². The molecule has 2 heterocycles. The van der Waals surface area contributed by atoms with Crippen LogP contribution in [0.25, 0.3) is 22.0 Å². The van der Waals surface area contributed by atoms with Gasteiger partial charge in [0.05, 0.1) is 23.9 Å². The number of phenols is 1. The van der Waals surface area contributed by atoms with E-state index in [1.54, 1.807) is 12.1 Å². The lowest BCUT2D eigenvalue weighted by atomic mass is 10.0. The Morgan fingerprint density at radius 1 is 0.918 bits per heavy atom. The molecule has 1 aliphatic heterocycles. The van der Waals surface area contributed by atoms with Gasteiger partial charge in [0, 0.05) is 49.7 Å². The quantitative estimate of drug-likeness (QED) is 0.0940. The number of pyridine rings is 1. The van der Waals surface area contributed by atoms with Crippen LogP contribution in [0.1, 0.15) is 36.5 Å². The molecule has 1 aromatic heterocycles. The number of para-hydroxylation sites is 1. The SMILES string of the molecule is O=C(Nc1ccccc1-c1ccccc1)OC1CCN(CCCOc2ccc(CNC[C@@H](O)c3ccc(O)c4[nH]c(=O)ccc34)cc2)CC1. The number of aromatic hydroxyl groups is 1. The van der Waals surface area contributed by atoms with Gasteiger partial charge in [0.25, 0.3) is 0 Å². The molecule has 6 rings (SSSR count). The number of H-pyrrole nitrogens is 1. The van der Waals surface area contributed by atoms with Crippen LogP contribution in [0.5, 0.6) is 11.5 Å². The summed E-state index contributed by atoms with van der Waals surface area (Å²) in [5.41, 5.74) is 4.42. The van der Waals surface area contributed by atoms with Gasteiger partial charge < -0.3 is 34.9 Å². The number of phenolic OH excluding ortho intramolecular Hbond substituents is 1. The number of amides is 1. The summed E-state index contributed by atoms with van der Waals surface area (Å²) in [6.45, 7) is 4.13. The number of carbonyl (C=O) groups is 1. The van der Waals surface area contributed by atoms with Crippen LogP contribution in [0.2, 0.25) is 0 Å². The normalized spacial score (nSPS) is 14.4. The van der Waals surface area contributed by atoms with E-state index < -0.39 is 12.2 Å². The van der Waals surface area contributed by atoms with Gasteiger partial charge in [-0.2, -0.15) is 0 Å². The molecule has 10 heteroatoms. The highest BCUT2D eigenvalue weighted by atomic mass is 16.6. The van der Waals surface area contributed by atoms with Crippen molar-refractivity contribution >= 4 is 22.7 Å². The molecule has 0 bridgehead atoms. The van der Waals surface area contributed by atoms with Crippen LogP contribution in [0.15, 0.2) is 108 Å². The van der Waals surface area contributed by atoms with Gasteiger partial charge >= 0.3 is 6.09 Å². The second-order valence-corrected chi connectivity index (χ2v) is 12.3. The first-order valence-electron chi connectivity index (χ1n) is 16.7. The highest BCUT2D eigenvalue weighted by molar-refractivity contribution is 5.91. The van der Waals surface area contributed by atoms with Gasteiger partial charge in [-0.25, -0.2) is 4.79 Å². The van der Waals surface area contributed by atoms with Crippen molar-refractivity contribution in [2.75, 3.05) is 38.1 Å². The number of aromatic amines is 1. The molecule has 0 spiro atoms. The maximum Gasteiger partial charge on any atom is 0.411 e. The van der Waals surface area contributed by atoms with E-state index in [-0.39, 0.29) is 17.4 Å². The summed E-state index contributed by atoms with van der Waals surface area (Å²) in [6.07, 6.45) is 1.15. The van der Waals surface area contributed by atoms with Crippen molar-refractivity contribution in [3.63, 3.8) is 0 Å². The summed E-state index contributed by atoms with van der Waals surface area (Å²) in [7, 11) is 0. The fraction of sp³-hybridized carbons (Fsp3) is 0.282. The largest absolute Gasteiger partial charge is 0.506 e. The van der Waals surface area contributed by atoms with Crippen molar-refractivity contribution in [3.8, 4) is 22.6 Å². The number of aromatic nitrogens is 1. The third-order valence-electron chi connectivity index (χ3n) is 8.80. The molecule has 49 heavy (non-hydrogen) atoms. The number of anilines is 1. The number of fused-ring (bicyclic) bond motifs is 1. The lowest BCUT2D eigenvalue weighted by Crippen LogP contribution is -2.39. The molecule has 1 aliphatic rings. The number of hydrogen-bond acceptors (Lipinski definition) is 8. The number of aliphatic hydroxyl groups is 1. The summed E-state index contributed by atoms with van der Waals surface area (Å²) in [5, 5.41) is 27.7. The second-order valence-electron chi connectivity index (χ2n) is 12.3. The topological polar surface area (TPSA) is 136 Å². The molecule has 0 unspecified atom stereocenters. The van der Waals surface area contributed by atoms with E-state index in [2.05, 4.69) is 20.5 Å². The number of benzene rings is 4. The highest BCUT2D eigenvalue weighted by Gasteiger charge is 2.22. The predicted octanol–water partition coefficient (Wildman–Crippen LogP) is 6.21. The fourth-order valence-corrected chi connectivity index (χ4v) is 6.20. The first-order chi connectivity index (χ1) is 23.9.